The Morgan fingerprint density at radius 3 is 2.43 bits per heavy atom. The Morgan fingerprint density at radius 2 is 1.70 bits per heavy atom. The van der Waals surface area contributed by atoms with Gasteiger partial charge in [-0.15, -0.1) is 0 Å². The average Bonchev–Trinajstić information content (AvgIpc) is 3.71. The van der Waals surface area contributed by atoms with E-state index in [0.29, 0.717) is 11.2 Å². The Balaban J connectivity index is 0.00000240. The number of hydrogen-bond donors (Lipinski definition) is 7. The number of phosphoric acid groups is 2. The zero-order chi connectivity index (χ0) is 31.4. The van der Waals surface area contributed by atoms with E-state index in [1.54, 1.807) is 0 Å². The summed E-state index contributed by atoms with van der Waals surface area (Å²) < 4.78 is 54.0. The second-order valence-electron chi connectivity index (χ2n) is 9.96. The number of ether oxygens (including phenoxy) is 2. The largest absolute Gasteiger partial charge is 1.00 e. The molecule has 0 saturated carbocycles. The summed E-state index contributed by atoms with van der Waals surface area (Å²) in [6, 6.07) is 0. The van der Waals surface area contributed by atoms with Crippen molar-refractivity contribution in [1.29, 1.82) is 0 Å². The van der Waals surface area contributed by atoms with Crippen molar-refractivity contribution in [3.05, 3.63) is 29.3 Å². The van der Waals surface area contributed by atoms with Crippen molar-refractivity contribution in [2.45, 2.75) is 49.7 Å². The van der Waals surface area contributed by atoms with E-state index in [2.05, 4.69) is 34.4 Å². The van der Waals surface area contributed by atoms with Gasteiger partial charge in [0.05, 0.1) is 19.3 Å². The highest BCUT2D eigenvalue weighted by Crippen LogP contribution is 2.50. The minimum Gasteiger partial charge on any atom is -1.00 e. The van der Waals surface area contributed by atoms with Crippen molar-refractivity contribution in [3.63, 3.8) is 0 Å². The first kappa shape index (κ1) is 36.9. The molecule has 7 atom stereocenters. The number of rotatable bonds is 10. The Bertz CT molecular complexity index is 1850. The van der Waals surface area contributed by atoms with Crippen LogP contribution in [0, 0.1) is 0 Å². The first-order chi connectivity index (χ1) is 20.8. The Labute approximate surface area is 291 Å². The number of aliphatic hydroxyl groups is 1. The van der Waals surface area contributed by atoms with Gasteiger partial charge in [-0.3, -0.25) is 27.9 Å². The number of halogens is 2. The van der Waals surface area contributed by atoms with Crippen molar-refractivity contribution in [2.75, 3.05) is 24.7 Å². The quantitative estimate of drug-likeness (QED) is 0.0574. The van der Waals surface area contributed by atoms with E-state index in [-0.39, 0.29) is 83.7 Å². The third-order valence-electron chi connectivity index (χ3n) is 7.02. The van der Waals surface area contributed by atoms with Crippen molar-refractivity contribution < 1.29 is 110 Å². The Hall–Kier alpha value is -1.94. The fourth-order valence-electron chi connectivity index (χ4n) is 5.03. The van der Waals surface area contributed by atoms with Crippen LogP contribution in [0.15, 0.2) is 23.8 Å². The molecule has 6 heterocycles. The van der Waals surface area contributed by atoms with Gasteiger partial charge in [0.2, 0.25) is 36.3 Å². The maximum Gasteiger partial charge on any atom is 0.472 e. The lowest BCUT2D eigenvalue weighted by molar-refractivity contribution is -0.363. The molecule has 0 amide bonds. The van der Waals surface area contributed by atoms with Gasteiger partial charge in [-0.2, -0.15) is 9.55 Å². The van der Waals surface area contributed by atoms with Gasteiger partial charge in [-0.05, 0) is 0 Å². The number of phosphoric ester groups is 2. The second-order valence-corrected chi connectivity index (χ2v) is 12.6. The number of anilines is 2. The molecule has 2 aliphatic heterocycles. The van der Waals surface area contributed by atoms with Crippen LogP contribution in [0.5, 0.6) is 0 Å². The summed E-state index contributed by atoms with van der Waals surface area (Å²) in [7, 11) is -9.82. The first-order valence-electron chi connectivity index (χ1n) is 12.9. The Morgan fingerprint density at radius 1 is 1.00 bits per heavy atom. The molecule has 254 valence electrons. The summed E-state index contributed by atoms with van der Waals surface area (Å²) in [6.45, 7) is -1.28. The highest BCUT2D eigenvalue weighted by molar-refractivity contribution is 7.47. The van der Waals surface area contributed by atoms with Crippen LogP contribution in [-0.2, 0) is 32.2 Å². The number of aromatic nitrogens is 8. The number of nitrogens with two attached hydrogens (primary N) is 2. The molecule has 4 aromatic rings. The molecular formula is C20H28I2N10O12P2. The molecule has 2 fully saturated rings. The lowest BCUT2D eigenvalue weighted by Gasteiger charge is -2.22. The summed E-state index contributed by atoms with van der Waals surface area (Å²) in [5.74, 6) is 0.0975. The monoisotopic (exact) mass is 916 g/mol. The minimum absolute atomic E-state index is 0. The molecule has 0 aliphatic carbocycles. The molecule has 4 aromatic heterocycles. The highest BCUT2D eigenvalue weighted by Gasteiger charge is 2.45. The van der Waals surface area contributed by atoms with Crippen LogP contribution in [0.1, 0.15) is 25.3 Å². The number of fused-ring (bicyclic) bond motifs is 2. The molecule has 26 heteroatoms. The van der Waals surface area contributed by atoms with Crippen LogP contribution in [0.4, 0.5) is 11.8 Å². The molecule has 0 spiro atoms. The summed E-state index contributed by atoms with van der Waals surface area (Å²) >= 11 is 0. The summed E-state index contributed by atoms with van der Waals surface area (Å²) in [5.41, 5.74) is 11.9. The van der Waals surface area contributed by atoms with E-state index in [1.807, 2.05) is 0 Å². The molecule has 2 saturated heterocycles. The maximum atomic E-state index is 13.0. The predicted molar refractivity (Wildman–Crippen MR) is 142 cm³/mol. The minimum atomic E-state index is -4.93. The number of nitrogen functional groups attached to an aromatic ring is 2. The first-order valence-corrected chi connectivity index (χ1v) is 15.9. The SMILES string of the molecule is Nc1nc2c([nH+]cn2[C@H]2C[C@@H](O)[C@@H](COP(=O)(O)OC3C[C@H](n4cnc5c(N)[nH+]cnc54)O[C@@H]3COP(=O)(O)O)O2)c(=O)[nH]1.[I-].[I-]. The van der Waals surface area contributed by atoms with Crippen LogP contribution in [0.25, 0.3) is 22.3 Å². The van der Waals surface area contributed by atoms with Crippen molar-refractivity contribution in [2.24, 2.45) is 0 Å². The molecular weight excluding hydrogens is 888 g/mol. The number of H-pyrrole nitrogens is 3. The van der Waals surface area contributed by atoms with E-state index in [1.165, 1.54) is 28.1 Å². The van der Waals surface area contributed by atoms with Gasteiger partial charge in [-0.1, -0.05) is 4.98 Å². The molecule has 22 nitrogen and oxygen atoms in total. The summed E-state index contributed by atoms with van der Waals surface area (Å²) in [6.07, 6.45) is -2.45. The second kappa shape index (κ2) is 14.3. The fraction of sp³-hybridized carbons (Fsp3) is 0.500. The third kappa shape index (κ3) is 7.85. The van der Waals surface area contributed by atoms with Gasteiger partial charge >= 0.3 is 21.2 Å². The van der Waals surface area contributed by atoms with E-state index < -0.39 is 71.3 Å². The number of nitrogens with zero attached hydrogens (tertiary/aromatic N) is 5. The molecule has 2 unspecified atom stereocenters. The number of nitrogens with one attached hydrogen (secondary N) is 3. The van der Waals surface area contributed by atoms with Gasteiger partial charge in [0.25, 0.3) is 11.2 Å². The Kier molecular flexibility index (Phi) is 11.4. The van der Waals surface area contributed by atoms with Gasteiger partial charge in [0.1, 0.15) is 30.9 Å². The van der Waals surface area contributed by atoms with E-state index >= 15 is 0 Å². The van der Waals surface area contributed by atoms with Crippen molar-refractivity contribution in [3.8, 4) is 0 Å². The predicted octanol–water partition coefficient (Wildman–Crippen LogP) is -8.48. The number of aromatic amines is 3. The number of imidazole rings is 2. The molecule has 11 N–H and O–H groups in total. The average molecular weight is 916 g/mol. The van der Waals surface area contributed by atoms with E-state index in [4.69, 9.17) is 30.0 Å². The van der Waals surface area contributed by atoms with Crippen LogP contribution in [-0.4, -0.2) is 86.5 Å². The van der Waals surface area contributed by atoms with Crippen LogP contribution < -0.4 is 74.9 Å². The molecule has 2 aliphatic rings. The lowest BCUT2D eigenvalue weighted by Crippen LogP contribution is -3.00. The molecule has 0 radical (unpaired) electrons. The zero-order valence-electron chi connectivity index (χ0n) is 23.1. The summed E-state index contributed by atoms with van der Waals surface area (Å²) in [5, 5.41) is 10.6. The summed E-state index contributed by atoms with van der Waals surface area (Å²) in [4.78, 5) is 61.3. The van der Waals surface area contributed by atoms with Crippen LogP contribution in [0.2, 0.25) is 0 Å². The van der Waals surface area contributed by atoms with Crippen molar-refractivity contribution in [1.82, 2.24) is 29.1 Å². The molecule has 0 bridgehead atoms. The highest BCUT2D eigenvalue weighted by atomic mass is 127. The lowest BCUT2D eigenvalue weighted by atomic mass is 10.2. The molecule has 46 heavy (non-hydrogen) atoms. The number of hydrogen-bond acceptors (Lipinski definition) is 14. The van der Waals surface area contributed by atoms with Crippen LogP contribution in [0.3, 0.4) is 0 Å². The van der Waals surface area contributed by atoms with Gasteiger partial charge in [0.15, 0.2) is 5.52 Å². The van der Waals surface area contributed by atoms with Gasteiger partial charge in [0, 0.05) is 12.8 Å². The van der Waals surface area contributed by atoms with Crippen LogP contribution >= 0.6 is 15.6 Å². The van der Waals surface area contributed by atoms with E-state index in [0.717, 1.165) is 0 Å². The zero-order valence-corrected chi connectivity index (χ0v) is 29.2. The maximum absolute atomic E-state index is 13.0. The number of aliphatic hydroxyl groups excluding tert-OH is 1. The van der Waals surface area contributed by atoms with Crippen molar-refractivity contribution >= 4 is 49.7 Å². The van der Waals surface area contributed by atoms with E-state index in [9.17, 15) is 33.7 Å². The fourth-order valence-corrected chi connectivity index (χ4v) is 6.33. The van der Waals surface area contributed by atoms with Gasteiger partial charge in [-0.25, -0.2) is 24.1 Å². The third-order valence-corrected chi connectivity index (χ3v) is 8.52. The molecule has 0 aromatic carbocycles. The van der Waals surface area contributed by atoms with Gasteiger partial charge < -0.3 is 88.7 Å². The molecule has 6 rings (SSSR count). The standard InChI is InChI=1S/C20H26N10O12P2.2HI/c21-16-14-17(24-5-23-16)29(6-25-14)13-2-9(11(41-13)4-38-43(33,34)35)42-44(36,37)39-3-10-8(31)1-12(40-10)30-7-26-15-18(30)27-20(22)28-19(15)32;;/h5-13,31H,1-4H2,(H,36,37)(H2,21,23,24)(H2,33,34,35)(H3,22,27,28,32);2*1H/t8-,9?,10-,11-,12-,13-;;/m1../s1. The topological polar surface area (TPSA) is 323 Å². The smallest absolute Gasteiger partial charge is 0.472 e. The normalized spacial score (nSPS) is 26.2.